The zero-order valence-corrected chi connectivity index (χ0v) is 19.9. The van der Waals surface area contributed by atoms with Crippen molar-refractivity contribution < 1.29 is 4.79 Å². The molecule has 1 aromatic carbocycles. The highest BCUT2D eigenvalue weighted by atomic mass is 32.1. The van der Waals surface area contributed by atoms with Crippen molar-refractivity contribution >= 4 is 28.9 Å². The number of aromatic nitrogens is 3. The van der Waals surface area contributed by atoms with Gasteiger partial charge >= 0.3 is 0 Å². The zero-order valence-electron chi connectivity index (χ0n) is 19.1. The van der Waals surface area contributed by atoms with Crippen LogP contribution in [0.2, 0.25) is 0 Å². The quantitative estimate of drug-likeness (QED) is 0.364. The van der Waals surface area contributed by atoms with Crippen LogP contribution in [0.25, 0.3) is 0 Å². The molecule has 2 unspecified atom stereocenters. The Bertz CT molecular complexity index is 1280. The Labute approximate surface area is 209 Å². The molecule has 7 nitrogen and oxygen atoms in total. The second-order valence-electron chi connectivity index (χ2n) is 8.41. The van der Waals surface area contributed by atoms with Gasteiger partial charge in [0.25, 0.3) is 0 Å². The van der Waals surface area contributed by atoms with E-state index in [0.29, 0.717) is 24.6 Å². The van der Waals surface area contributed by atoms with Crippen molar-refractivity contribution in [2.45, 2.75) is 25.0 Å². The highest BCUT2D eigenvalue weighted by Crippen LogP contribution is 2.39. The number of nitrogens with one attached hydrogen (secondary N) is 2. The lowest BCUT2D eigenvalue weighted by molar-refractivity contribution is -0.116. The van der Waals surface area contributed by atoms with Gasteiger partial charge in [0.2, 0.25) is 5.91 Å². The molecule has 0 aliphatic carbocycles. The lowest BCUT2D eigenvalue weighted by atomic mass is 10.0. The van der Waals surface area contributed by atoms with Crippen molar-refractivity contribution in [1.82, 2.24) is 24.8 Å². The minimum atomic E-state index is -0.136. The fourth-order valence-corrected chi connectivity index (χ4v) is 4.79. The number of carbonyl (C=O) groups excluding carboxylic acids is 1. The summed E-state index contributed by atoms with van der Waals surface area (Å²) in [6.45, 7) is 1.17. The van der Waals surface area contributed by atoms with Crippen LogP contribution in [0.1, 0.15) is 35.5 Å². The minimum Gasteiger partial charge on any atom is -0.352 e. The average molecular weight is 483 g/mol. The monoisotopic (exact) mass is 482 g/mol. The van der Waals surface area contributed by atoms with E-state index in [9.17, 15) is 4.79 Å². The number of rotatable bonds is 8. The Morgan fingerprint density at radius 3 is 2.63 bits per heavy atom. The van der Waals surface area contributed by atoms with Crippen molar-refractivity contribution in [3.8, 4) is 0 Å². The summed E-state index contributed by atoms with van der Waals surface area (Å²) < 4.78 is 2.21. The molecule has 2 atom stereocenters. The summed E-state index contributed by atoms with van der Waals surface area (Å²) in [4.78, 5) is 23.7. The van der Waals surface area contributed by atoms with Gasteiger partial charge < -0.3 is 20.1 Å². The van der Waals surface area contributed by atoms with Crippen LogP contribution >= 0.6 is 12.2 Å². The maximum Gasteiger partial charge on any atom is 0.226 e. The van der Waals surface area contributed by atoms with Gasteiger partial charge in [0.1, 0.15) is 0 Å². The van der Waals surface area contributed by atoms with E-state index < -0.39 is 0 Å². The highest BCUT2D eigenvalue weighted by molar-refractivity contribution is 7.80. The topological polar surface area (TPSA) is 75.1 Å². The van der Waals surface area contributed by atoms with Crippen molar-refractivity contribution in [2.24, 2.45) is 0 Å². The van der Waals surface area contributed by atoms with E-state index in [-0.39, 0.29) is 18.0 Å². The van der Waals surface area contributed by atoms with Crippen LogP contribution in [-0.4, -0.2) is 37.0 Å². The predicted octanol–water partition coefficient (Wildman–Crippen LogP) is 4.33. The number of anilines is 1. The van der Waals surface area contributed by atoms with Gasteiger partial charge in [0, 0.05) is 55.7 Å². The molecule has 5 rings (SSSR count). The number of hydrogen-bond donors (Lipinski definition) is 2. The Morgan fingerprint density at radius 1 is 1.00 bits per heavy atom. The molecule has 0 saturated carbocycles. The molecular weight excluding hydrogens is 456 g/mol. The second kappa shape index (κ2) is 10.5. The molecule has 0 spiro atoms. The van der Waals surface area contributed by atoms with Crippen LogP contribution in [0.3, 0.4) is 0 Å². The average Bonchev–Trinajstić information content (AvgIpc) is 3.47. The SMILES string of the molecule is O=C(CCN1C(=S)NC(c2ccccn2)C1c1cccn1Cc1cccnc1)Nc1ccccc1. The number of hydrogen-bond acceptors (Lipinski definition) is 4. The summed E-state index contributed by atoms with van der Waals surface area (Å²) >= 11 is 5.76. The number of thiocarbonyl (C=S) groups is 1. The predicted molar refractivity (Wildman–Crippen MR) is 140 cm³/mol. The Balaban J connectivity index is 1.41. The molecule has 4 aromatic rings. The second-order valence-corrected chi connectivity index (χ2v) is 8.79. The van der Waals surface area contributed by atoms with Gasteiger partial charge in [0.05, 0.1) is 17.8 Å². The fourth-order valence-electron chi connectivity index (χ4n) is 4.46. The molecular formula is C27H26N6OS. The third-order valence-electron chi connectivity index (χ3n) is 6.08. The molecule has 3 aromatic heterocycles. The summed E-state index contributed by atoms with van der Waals surface area (Å²) in [6, 6.07) is 23.3. The molecule has 35 heavy (non-hydrogen) atoms. The summed E-state index contributed by atoms with van der Waals surface area (Å²) in [6.07, 6.45) is 7.83. The molecule has 176 valence electrons. The van der Waals surface area contributed by atoms with Crippen molar-refractivity contribution in [1.29, 1.82) is 0 Å². The van der Waals surface area contributed by atoms with Crippen LogP contribution in [0, 0.1) is 0 Å². The number of amides is 1. The first-order valence-electron chi connectivity index (χ1n) is 11.6. The molecule has 1 aliphatic heterocycles. The van der Waals surface area contributed by atoms with Crippen LogP contribution < -0.4 is 10.6 Å². The van der Waals surface area contributed by atoms with Gasteiger partial charge in [0.15, 0.2) is 5.11 Å². The van der Waals surface area contributed by atoms with Crippen LogP contribution in [0.4, 0.5) is 5.69 Å². The van der Waals surface area contributed by atoms with Gasteiger partial charge in [-0.3, -0.25) is 14.8 Å². The number of nitrogens with zero attached hydrogens (tertiary/aromatic N) is 4. The van der Waals surface area contributed by atoms with Crippen molar-refractivity contribution in [2.75, 3.05) is 11.9 Å². The van der Waals surface area contributed by atoms with Crippen LogP contribution in [-0.2, 0) is 11.3 Å². The van der Waals surface area contributed by atoms with Gasteiger partial charge in [-0.05, 0) is 60.2 Å². The van der Waals surface area contributed by atoms with E-state index in [1.54, 1.807) is 12.4 Å². The molecule has 4 heterocycles. The fraction of sp³-hybridized carbons (Fsp3) is 0.185. The standard InChI is InChI=1S/C27H26N6OS/c34-24(30-21-9-2-1-3-10-21)13-17-33-26(25(31-27(33)35)22-11-4-5-15-29-22)23-12-7-16-32(23)19-20-8-6-14-28-18-20/h1-12,14-16,18,25-26H,13,17,19H2,(H,30,34)(H,31,35). The Hall–Kier alpha value is -4.04. The van der Waals surface area contributed by atoms with Gasteiger partial charge in [-0.1, -0.05) is 30.3 Å². The number of pyridine rings is 2. The summed E-state index contributed by atoms with van der Waals surface area (Å²) in [5.41, 5.74) is 3.90. The molecule has 1 amide bonds. The summed E-state index contributed by atoms with van der Waals surface area (Å²) in [5, 5.41) is 7.04. The lowest BCUT2D eigenvalue weighted by Gasteiger charge is -2.29. The van der Waals surface area contributed by atoms with Gasteiger partial charge in [-0.25, -0.2) is 0 Å². The third kappa shape index (κ3) is 5.22. The first kappa shape index (κ1) is 22.7. The van der Waals surface area contributed by atoms with E-state index in [4.69, 9.17) is 12.2 Å². The van der Waals surface area contributed by atoms with Gasteiger partial charge in [-0.2, -0.15) is 0 Å². The third-order valence-corrected chi connectivity index (χ3v) is 6.43. The summed E-state index contributed by atoms with van der Waals surface area (Å²) in [7, 11) is 0. The van der Waals surface area contributed by atoms with E-state index in [0.717, 1.165) is 22.6 Å². The molecule has 0 radical (unpaired) electrons. The number of para-hydroxylation sites is 1. The highest BCUT2D eigenvalue weighted by Gasteiger charge is 2.41. The normalized spacial score (nSPS) is 17.3. The summed E-state index contributed by atoms with van der Waals surface area (Å²) in [5.74, 6) is -0.0511. The maximum absolute atomic E-state index is 12.7. The first-order chi connectivity index (χ1) is 17.2. The van der Waals surface area contributed by atoms with Gasteiger partial charge in [-0.15, -0.1) is 0 Å². The largest absolute Gasteiger partial charge is 0.352 e. The van der Waals surface area contributed by atoms with Crippen LogP contribution in [0.5, 0.6) is 0 Å². The molecule has 8 heteroatoms. The van der Waals surface area contributed by atoms with E-state index in [1.807, 2.05) is 66.9 Å². The Morgan fingerprint density at radius 2 is 1.86 bits per heavy atom. The molecule has 1 aliphatic rings. The molecule has 0 bridgehead atoms. The molecule has 1 fully saturated rings. The van der Waals surface area contributed by atoms with E-state index in [2.05, 4.69) is 48.4 Å². The smallest absolute Gasteiger partial charge is 0.226 e. The van der Waals surface area contributed by atoms with Crippen LogP contribution in [0.15, 0.2) is 97.6 Å². The number of benzene rings is 1. The van der Waals surface area contributed by atoms with E-state index >= 15 is 0 Å². The van der Waals surface area contributed by atoms with E-state index in [1.165, 1.54) is 0 Å². The first-order valence-corrected chi connectivity index (χ1v) is 12.0. The van der Waals surface area contributed by atoms with Crippen molar-refractivity contribution in [3.63, 3.8) is 0 Å². The molecule has 1 saturated heterocycles. The molecule has 2 N–H and O–H groups in total. The van der Waals surface area contributed by atoms with Crippen molar-refractivity contribution in [3.05, 3.63) is 115 Å². The number of carbonyl (C=O) groups is 1. The minimum absolute atomic E-state index is 0.0511. The zero-order chi connectivity index (χ0) is 24.0. The Kier molecular flexibility index (Phi) is 6.81. The maximum atomic E-state index is 12.7. The lowest BCUT2D eigenvalue weighted by Crippen LogP contribution is -2.33.